The number of rotatable bonds is 14. The number of fused-ring (bicyclic) bond motifs is 1. The summed E-state index contributed by atoms with van der Waals surface area (Å²) >= 11 is 0. The van der Waals surface area contributed by atoms with E-state index in [2.05, 4.69) is 27.7 Å². The SMILES string of the molecule is [2H]c1c([2H])c([2H])c2c(c1[2H])C(=O)C(CC=C(C)CCC[C@H](C)CCC[C@H](C)CCCC(C)C)=C(C([2H])([2H])[2H])C2=O. The van der Waals surface area contributed by atoms with Gasteiger partial charge in [-0.15, -0.1) is 0 Å². The minimum Gasteiger partial charge on any atom is -0.289 e. The van der Waals surface area contributed by atoms with E-state index in [0.717, 1.165) is 36.7 Å². The summed E-state index contributed by atoms with van der Waals surface area (Å²) in [4.78, 5) is 26.6. The van der Waals surface area contributed by atoms with Gasteiger partial charge in [0.05, 0.1) is 5.48 Å². The van der Waals surface area contributed by atoms with E-state index in [1.165, 1.54) is 38.5 Å². The first kappa shape index (κ1) is 18.4. The van der Waals surface area contributed by atoms with Crippen molar-refractivity contribution in [2.45, 2.75) is 106 Å². The van der Waals surface area contributed by atoms with Crippen LogP contribution in [0.2, 0.25) is 0 Å². The summed E-state index contributed by atoms with van der Waals surface area (Å²) in [5, 5.41) is 0. The Labute approximate surface area is 212 Å². The van der Waals surface area contributed by atoms with Crippen molar-refractivity contribution >= 4 is 11.6 Å². The van der Waals surface area contributed by atoms with Crippen LogP contribution in [-0.2, 0) is 0 Å². The zero-order valence-electron chi connectivity index (χ0n) is 28.2. The molecule has 0 saturated carbocycles. The van der Waals surface area contributed by atoms with Crippen LogP contribution in [0, 0.1) is 17.8 Å². The average molecular weight is 458 g/mol. The Morgan fingerprint density at radius 1 is 0.879 bits per heavy atom. The number of hydrogen-bond donors (Lipinski definition) is 0. The van der Waals surface area contributed by atoms with E-state index in [9.17, 15) is 9.59 Å². The molecule has 0 bridgehead atoms. The van der Waals surface area contributed by atoms with Gasteiger partial charge in [-0.25, -0.2) is 0 Å². The zero-order valence-corrected chi connectivity index (χ0v) is 21.2. The van der Waals surface area contributed by atoms with Crippen LogP contribution < -0.4 is 0 Å². The number of benzene rings is 1. The minimum absolute atomic E-state index is 0.0729. The summed E-state index contributed by atoms with van der Waals surface area (Å²) in [6, 6.07) is -2.59. The van der Waals surface area contributed by atoms with Crippen molar-refractivity contribution in [1.82, 2.24) is 0 Å². The van der Waals surface area contributed by atoms with Gasteiger partial charge in [-0.2, -0.15) is 0 Å². The summed E-state index contributed by atoms with van der Waals surface area (Å²) in [7, 11) is 0. The maximum atomic E-state index is 13.4. The molecule has 2 heteroatoms. The van der Waals surface area contributed by atoms with Gasteiger partial charge in [-0.3, -0.25) is 9.59 Å². The fraction of sp³-hybridized carbons (Fsp3) is 0.613. The number of carbonyl (C=O) groups excluding carboxylic acids is 2. The van der Waals surface area contributed by atoms with Gasteiger partial charge in [0, 0.05) is 26.4 Å². The minimum atomic E-state index is -2.89. The first-order chi connectivity index (χ1) is 18.6. The first-order valence-corrected chi connectivity index (χ1v) is 12.7. The highest BCUT2D eigenvalue weighted by atomic mass is 16.1. The third kappa shape index (κ3) is 8.72. The molecule has 1 aromatic carbocycles. The Balaban J connectivity index is 2.02. The van der Waals surface area contributed by atoms with Gasteiger partial charge in [-0.1, -0.05) is 108 Å². The molecule has 0 unspecified atom stereocenters. The number of carbonyl (C=O) groups is 2. The molecule has 0 heterocycles. The van der Waals surface area contributed by atoms with Crippen molar-refractivity contribution < 1.29 is 19.2 Å². The summed E-state index contributed by atoms with van der Waals surface area (Å²) in [5.41, 5.74) is -0.855. The van der Waals surface area contributed by atoms with E-state index in [1.54, 1.807) is 6.08 Å². The molecule has 33 heavy (non-hydrogen) atoms. The highest BCUT2D eigenvalue weighted by Gasteiger charge is 2.28. The van der Waals surface area contributed by atoms with E-state index in [-0.39, 0.29) is 12.0 Å². The van der Waals surface area contributed by atoms with Crippen molar-refractivity contribution in [1.29, 1.82) is 0 Å². The lowest BCUT2D eigenvalue weighted by Crippen LogP contribution is -2.20. The molecule has 0 amide bonds. The van der Waals surface area contributed by atoms with Crippen molar-refractivity contribution in [2.24, 2.45) is 17.8 Å². The lowest BCUT2D eigenvalue weighted by Gasteiger charge is -2.18. The maximum absolute atomic E-state index is 13.4. The van der Waals surface area contributed by atoms with Crippen LogP contribution >= 0.6 is 0 Å². The molecule has 2 rings (SSSR count). The molecule has 1 aliphatic rings. The van der Waals surface area contributed by atoms with Gasteiger partial charge in [0.25, 0.3) is 0 Å². The molecule has 2 nitrogen and oxygen atoms in total. The fourth-order valence-corrected chi connectivity index (χ4v) is 4.46. The molecule has 1 aromatic rings. The van der Waals surface area contributed by atoms with E-state index in [4.69, 9.17) is 9.60 Å². The first-order valence-electron chi connectivity index (χ1n) is 16.2. The van der Waals surface area contributed by atoms with Crippen LogP contribution in [0.3, 0.4) is 0 Å². The molecule has 0 spiro atoms. The molecule has 1 aliphatic carbocycles. The van der Waals surface area contributed by atoms with Crippen LogP contribution in [-0.4, -0.2) is 11.6 Å². The van der Waals surface area contributed by atoms with E-state index >= 15 is 0 Å². The van der Waals surface area contributed by atoms with E-state index < -0.39 is 59.3 Å². The third-order valence-corrected chi connectivity index (χ3v) is 6.74. The Bertz CT molecular complexity index is 1150. The summed E-state index contributed by atoms with van der Waals surface area (Å²) in [5.74, 6) is 0.321. The second kappa shape index (κ2) is 13.7. The lowest BCUT2D eigenvalue weighted by atomic mass is 9.83. The molecule has 0 N–H and O–H groups in total. The fourth-order valence-electron chi connectivity index (χ4n) is 4.46. The van der Waals surface area contributed by atoms with Gasteiger partial charge in [0.15, 0.2) is 11.6 Å². The molecule has 0 radical (unpaired) electrons. The van der Waals surface area contributed by atoms with Crippen LogP contribution in [0.1, 0.15) is 136 Å². The van der Waals surface area contributed by atoms with E-state index in [1.807, 2.05) is 6.92 Å². The van der Waals surface area contributed by atoms with E-state index in [0.29, 0.717) is 5.92 Å². The highest BCUT2D eigenvalue weighted by molar-refractivity contribution is 6.26. The maximum Gasteiger partial charge on any atom is 0.190 e. The molecule has 0 aromatic heterocycles. The number of Topliss-reactive ketones (excluding diaryl/α,β-unsaturated/α-hetero) is 2. The van der Waals surface area contributed by atoms with Crippen LogP contribution in [0.25, 0.3) is 0 Å². The predicted molar refractivity (Wildman–Crippen MR) is 141 cm³/mol. The van der Waals surface area contributed by atoms with Crippen molar-refractivity contribution in [3.63, 3.8) is 0 Å². The van der Waals surface area contributed by atoms with Gasteiger partial charge in [0.2, 0.25) is 0 Å². The largest absolute Gasteiger partial charge is 0.289 e. The van der Waals surface area contributed by atoms with Gasteiger partial charge < -0.3 is 0 Å². The standard InChI is InChI=1S/C31H46O2/c1-22(2)12-9-13-23(3)14-10-15-24(4)16-11-17-25(5)20-21-27-26(6)30(32)28-18-7-8-19-29(28)31(27)33/h7-8,18-20,22-24H,9-17,21H2,1-6H3/t23-,24-/m1/s1/i6D3,7D,8D,18D,19D. The molecule has 182 valence electrons. The monoisotopic (exact) mass is 457 g/mol. The van der Waals surface area contributed by atoms with Gasteiger partial charge in [0.1, 0.15) is 0 Å². The molecular formula is C31H46O2. The highest BCUT2D eigenvalue weighted by Crippen LogP contribution is 2.29. The molecule has 0 aliphatic heterocycles. The smallest absolute Gasteiger partial charge is 0.190 e. The quantitative estimate of drug-likeness (QED) is 0.261. The Morgan fingerprint density at radius 3 is 2.00 bits per heavy atom. The van der Waals surface area contributed by atoms with Crippen LogP contribution in [0.4, 0.5) is 0 Å². The number of allylic oxidation sites excluding steroid dienone is 4. The second-order valence-electron chi connectivity index (χ2n) is 10.4. The topological polar surface area (TPSA) is 34.1 Å². The Hall–Kier alpha value is -1.96. The Kier molecular flexibility index (Phi) is 7.62. The second-order valence-corrected chi connectivity index (χ2v) is 10.4. The van der Waals surface area contributed by atoms with Crippen molar-refractivity contribution in [3.05, 3.63) is 58.1 Å². The van der Waals surface area contributed by atoms with Crippen molar-refractivity contribution in [3.8, 4) is 0 Å². The Morgan fingerprint density at radius 2 is 1.42 bits per heavy atom. The van der Waals surface area contributed by atoms with Gasteiger partial charge in [-0.05, 0) is 50.8 Å². The summed E-state index contributed by atoms with van der Waals surface area (Å²) < 4.78 is 55.7. The van der Waals surface area contributed by atoms with Gasteiger partial charge >= 0.3 is 0 Å². The normalized spacial score (nSPS) is 19.8. The third-order valence-electron chi connectivity index (χ3n) is 6.74. The summed E-state index contributed by atoms with van der Waals surface area (Å²) in [6.07, 6.45) is 12.2. The summed E-state index contributed by atoms with van der Waals surface area (Å²) in [6.45, 7) is 8.22. The number of hydrogen-bond acceptors (Lipinski definition) is 2. The zero-order chi connectivity index (χ0) is 30.4. The molecule has 0 fully saturated rings. The molecular weight excluding hydrogens is 404 g/mol. The number of ketones is 2. The van der Waals surface area contributed by atoms with Crippen molar-refractivity contribution in [2.75, 3.05) is 0 Å². The molecule has 0 saturated heterocycles. The lowest BCUT2D eigenvalue weighted by molar-refractivity contribution is 0.0973. The molecule has 2 atom stereocenters. The van der Waals surface area contributed by atoms with Crippen LogP contribution in [0.5, 0.6) is 0 Å². The predicted octanol–water partition coefficient (Wildman–Crippen LogP) is 9.16. The van der Waals surface area contributed by atoms with Crippen LogP contribution in [0.15, 0.2) is 47.0 Å². The average Bonchev–Trinajstić information content (AvgIpc) is 2.85.